The lowest BCUT2D eigenvalue weighted by Crippen LogP contribution is -2.49. The zero-order valence-electron chi connectivity index (χ0n) is 17.1. The van der Waals surface area contributed by atoms with Crippen molar-refractivity contribution in [3.8, 4) is 0 Å². The lowest BCUT2D eigenvalue weighted by molar-refractivity contribution is -0.119. The van der Waals surface area contributed by atoms with Crippen LogP contribution in [0.4, 0.5) is 0 Å². The summed E-state index contributed by atoms with van der Waals surface area (Å²) in [6.45, 7) is 11.4. The van der Waals surface area contributed by atoms with Gasteiger partial charge in [0.25, 0.3) is 0 Å². The summed E-state index contributed by atoms with van der Waals surface area (Å²) in [6.07, 6.45) is 15.5. The Morgan fingerprint density at radius 2 is 2.00 bits per heavy atom. The fourth-order valence-corrected chi connectivity index (χ4v) is 7.52. The number of ketones is 1. The van der Waals surface area contributed by atoms with Crippen molar-refractivity contribution in [3.63, 3.8) is 0 Å². The van der Waals surface area contributed by atoms with Crippen LogP contribution in [0.3, 0.4) is 0 Å². The van der Waals surface area contributed by atoms with Gasteiger partial charge in [0.15, 0.2) is 0 Å². The highest BCUT2D eigenvalue weighted by molar-refractivity contribution is 7.81. The molecule has 6 atom stereocenters. The largest absolute Gasteiger partial charge is 0.299 e. The number of carbonyl (C=O) groups is 1. The number of fused-ring (bicyclic) bond motifs is 3. The molecule has 0 saturated heterocycles. The summed E-state index contributed by atoms with van der Waals surface area (Å²) >= 11 is 4.22. The maximum absolute atomic E-state index is 12.1. The lowest BCUT2D eigenvalue weighted by atomic mass is 9.47. The Hall–Kier alpha value is -0.500. The second-order valence-electron chi connectivity index (χ2n) is 9.73. The zero-order valence-corrected chi connectivity index (χ0v) is 18.0. The third-order valence-electron chi connectivity index (χ3n) is 8.67. The molecule has 0 heterocycles. The van der Waals surface area contributed by atoms with Gasteiger partial charge in [-0.05, 0) is 79.4 Å². The molecule has 146 valence electrons. The molecule has 0 aromatic carbocycles. The van der Waals surface area contributed by atoms with Gasteiger partial charge in [0, 0.05) is 12.2 Å². The van der Waals surface area contributed by atoms with Gasteiger partial charge < -0.3 is 0 Å². The van der Waals surface area contributed by atoms with Gasteiger partial charge >= 0.3 is 0 Å². The summed E-state index contributed by atoms with van der Waals surface area (Å²) in [5.41, 5.74) is 2.39. The van der Waals surface area contributed by atoms with Gasteiger partial charge in [-0.25, -0.2) is 0 Å². The molecule has 26 heavy (non-hydrogen) atoms. The van der Waals surface area contributed by atoms with E-state index in [-0.39, 0.29) is 0 Å². The molecule has 0 bridgehead atoms. The Balaban J connectivity index is 1.86. The third kappa shape index (κ3) is 3.25. The molecule has 3 aliphatic rings. The second kappa shape index (κ2) is 7.86. The molecule has 0 aromatic rings. The summed E-state index contributed by atoms with van der Waals surface area (Å²) < 4.78 is 0. The van der Waals surface area contributed by atoms with Crippen LogP contribution in [0.25, 0.3) is 0 Å². The number of hydrogen-bond acceptors (Lipinski definition) is 2. The number of allylic oxidation sites excluding steroid dienone is 3. The summed E-state index contributed by atoms with van der Waals surface area (Å²) in [7, 11) is 0. The van der Waals surface area contributed by atoms with Crippen LogP contribution in [0.15, 0.2) is 24.3 Å². The lowest BCUT2D eigenvalue weighted by Gasteiger charge is -2.57. The fraction of sp³-hybridized carbons (Fsp3) is 0.792. The highest BCUT2D eigenvalue weighted by Crippen LogP contribution is 2.66. The maximum atomic E-state index is 12.1. The van der Waals surface area contributed by atoms with E-state index in [9.17, 15) is 4.79 Å². The van der Waals surface area contributed by atoms with Crippen LogP contribution < -0.4 is 0 Å². The number of hydrogen-bond donors (Lipinski definition) is 1. The first-order valence-electron chi connectivity index (χ1n) is 10.8. The minimum atomic E-state index is 0.345. The van der Waals surface area contributed by atoms with Crippen molar-refractivity contribution in [2.24, 2.45) is 34.5 Å². The van der Waals surface area contributed by atoms with Crippen LogP contribution in [0, 0.1) is 34.5 Å². The second-order valence-corrected chi connectivity index (χ2v) is 10.0. The molecule has 0 amide bonds. The van der Waals surface area contributed by atoms with Gasteiger partial charge in [0.05, 0.1) is 0 Å². The highest BCUT2D eigenvalue weighted by Gasteiger charge is 2.58. The van der Waals surface area contributed by atoms with Crippen molar-refractivity contribution >= 4 is 18.4 Å². The van der Waals surface area contributed by atoms with Crippen LogP contribution in [-0.2, 0) is 4.79 Å². The summed E-state index contributed by atoms with van der Waals surface area (Å²) in [6, 6.07) is 0. The van der Waals surface area contributed by atoms with Crippen LogP contribution in [0.5, 0.6) is 0 Å². The predicted octanol–water partition coefficient (Wildman–Crippen LogP) is 6.65. The predicted molar refractivity (Wildman–Crippen MR) is 115 cm³/mol. The molecule has 2 heteroatoms. The molecular weight excluding hydrogens is 336 g/mol. The van der Waals surface area contributed by atoms with E-state index < -0.39 is 0 Å². The molecule has 6 unspecified atom stereocenters. The van der Waals surface area contributed by atoms with Crippen LogP contribution in [0.1, 0.15) is 78.6 Å². The van der Waals surface area contributed by atoms with Crippen LogP contribution in [-0.4, -0.2) is 11.5 Å². The van der Waals surface area contributed by atoms with Crippen LogP contribution >= 0.6 is 12.6 Å². The van der Waals surface area contributed by atoms with E-state index in [1.165, 1.54) is 51.4 Å². The Morgan fingerprint density at radius 3 is 2.65 bits per heavy atom. The topological polar surface area (TPSA) is 17.1 Å². The minimum Gasteiger partial charge on any atom is -0.299 e. The summed E-state index contributed by atoms with van der Waals surface area (Å²) in [5.74, 6) is 3.84. The maximum Gasteiger partial charge on any atom is 0.142 e. The van der Waals surface area contributed by atoms with E-state index in [2.05, 4.69) is 46.1 Å². The molecule has 3 aliphatic carbocycles. The molecule has 0 N–H and O–H groups in total. The average molecular weight is 375 g/mol. The molecule has 0 aromatic heterocycles. The summed E-state index contributed by atoms with van der Waals surface area (Å²) in [4.78, 5) is 12.1. The van der Waals surface area contributed by atoms with Crippen molar-refractivity contribution in [3.05, 3.63) is 24.3 Å². The van der Waals surface area contributed by atoms with E-state index in [1.807, 2.05) is 6.08 Å². The van der Waals surface area contributed by atoms with Crippen molar-refractivity contribution in [2.75, 3.05) is 5.75 Å². The van der Waals surface area contributed by atoms with Gasteiger partial charge in [-0.15, -0.1) is 0 Å². The first-order chi connectivity index (χ1) is 12.4. The molecule has 3 fully saturated rings. The van der Waals surface area contributed by atoms with Gasteiger partial charge in [0.1, 0.15) is 5.78 Å². The van der Waals surface area contributed by atoms with Crippen molar-refractivity contribution in [1.29, 1.82) is 0 Å². The molecule has 0 radical (unpaired) electrons. The quantitative estimate of drug-likeness (QED) is 0.515. The minimum absolute atomic E-state index is 0.345. The first-order valence-corrected chi connectivity index (χ1v) is 11.5. The average Bonchev–Trinajstić information content (AvgIpc) is 2.94. The Bertz CT molecular complexity index is 579. The SMILES string of the molecule is C=C/C=C1/CCC2C(CCC3(C)C(CC(=O)CS)CCC23)C1(C)CCC. The van der Waals surface area contributed by atoms with Gasteiger partial charge in [-0.1, -0.05) is 51.5 Å². The van der Waals surface area contributed by atoms with E-state index >= 15 is 0 Å². The van der Waals surface area contributed by atoms with Crippen LogP contribution in [0.2, 0.25) is 0 Å². The standard InChI is InChI=1S/C24H38OS/c1-5-7-17-8-10-20-21-11-9-18(15-19(25)16-26)24(21,4)14-12-22(20)23(17,3)13-6-2/h5,7,18,20-22,26H,1,6,8-16H2,2-4H3/b17-7-. The molecule has 0 aliphatic heterocycles. The van der Waals surface area contributed by atoms with Crippen molar-refractivity contribution < 1.29 is 4.79 Å². The van der Waals surface area contributed by atoms with Crippen molar-refractivity contribution in [1.82, 2.24) is 0 Å². The smallest absolute Gasteiger partial charge is 0.142 e. The Labute approximate surface area is 166 Å². The molecular formula is C24H38OS. The number of thiol groups is 1. The fourth-order valence-electron chi connectivity index (χ4n) is 7.39. The van der Waals surface area contributed by atoms with Gasteiger partial charge in [0.2, 0.25) is 0 Å². The van der Waals surface area contributed by atoms with E-state index in [1.54, 1.807) is 5.57 Å². The monoisotopic (exact) mass is 374 g/mol. The first kappa shape index (κ1) is 20.2. The number of Topliss-reactive ketones (excluding diaryl/α,β-unsaturated/α-hetero) is 1. The molecule has 3 rings (SSSR count). The molecule has 3 saturated carbocycles. The van der Waals surface area contributed by atoms with Crippen molar-refractivity contribution in [2.45, 2.75) is 78.6 Å². The highest BCUT2D eigenvalue weighted by atomic mass is 32.1. The number of carbonyl (C=O) groups excluding carboxylic acids is 1. The van der Waals surface area contributed by atoms with E-state index in [0.717, 1.165) is 24.2 Å². The Kier molecular flexibility index (Phi) is 6.12. The number of rotatable bonds is 6. The van der Waals surface area contributed by atoms with E-state index in [0.29, 0.717) is 28.3 Å². The third-order valence-corrected chi connectivity index (χ3v) is 9.02. The van der Waals surface area contributed by atoms with E-state index in [4.69, 9.17) is 0 Å². The molecule has 1 nitrogen and oxygen atoms in total. The molecule has 0 spiro atoms. The normalized spacial score (nSPS) is 43.8. The Morgan fingerprint density at radius 1 is 1.23 bits per heavy atom. The van der Waals surface area contributed by atoms with Gasteiger partial charge in [-0.3, -0.25) is 4.79 Å². The zero-order chi connectivity index (χ0) is 18.9. The summed E-state index contributed by atoms with van der Waals surface area (Å²) in [5, 5.41) is 0. The van der Waals surface area contributed by atoms with Gasteiger partial charge in [-0.2, -0.15) is 12.6 Å².